The van der Waals surface area contributed by atoms with Crippen LogP contribution < -0.4 is 0 Å². The molecule has 0 aromatic rings. The van der Waals surface area contributed by atoms with Crippen LogP contribution in [0.25, 0.3) is 0 Å². The molecule has 0 aliphatic carbocycles. The van der Waals surface area contributed by atoms with Crippen molar-refractivity contribution in [3.05, 3.63) is 0 Å². The Balaban J connectivity index is 2.77. The second-order valence-electron chi connectivity index (χ2n) is 2.73. The third-order valence-corrected chi connectivity index (χ3v) is 1.87. The topological polar surface area (TPSA) is 128 Å². The van der Waals surface area contributed by atoms with Gasteiger partial charge in [0.15, 0.2) is 17.8 Å². The molecule has 1 heterocycles. The number of aliphatic carboxylic acids is 2. The number of ether oxygens (including phenoxy) is 1. The monoisotopic (exact) mass is 192 g/mol. The lowest BCUT2D eigenvalue weighted by Gasteiger charge is -2.17. The van der Waals surface area contributed by atoms with Crippen LogP contribution in [0.3, 0.4) is 0 Å². The maximum absolute atomic E-state index is 10.3. The van der Waals surface area contributed by atoms with Crippen LogP contribution in [-0.4, -0.2) is 56.8 Å². The molecule has 1 aliphatic rings. The van der Waals surface area contributed by atoms with Crippen LogP contribution in [-0.2, 0) is 14.3 Å². The van der Waals surface area contributed by atoms with Gasteiger partial charge in [0.1, 0.15) is 0 Å². The maximum Gasteiger partial charge on any atom is 0.335 e. The Bertz CT molecular complexity index is 221. The predicted octanol–water partition coefficient (Wildman–Crippen LogP) is -2.35. The van der Waals surface area contributed by atoms with Gasteiger partial charge in [-0.05, 0) is 0 Å². The third-order valence-electron chi connectivity index (χ3n) is 1.87. The Morgan fingerprint density at radius 3 is 1.62 bits per heavy atom. The van der Waals surface area contributed by atoms with E-state index in [9.17, 15) is 9.59 Å². The van der Waals surface area contributed by atoms with Gasteiger partial charge in [-0.1, -0.05) is 0 Å². The van der Waals surface area contributed by atoms with Gasteiger partial charge in [0.25, 0.3) is 0 Å². The second-order valence-corrected chi connectivity index (χ2v) is 2.73. The molecule has 0 bridgehead atoms. The SMILES string of the molecule is O=C(O)C(O)C1(C(O)C(=O)O)CO1. The van der Waals surface area contributed by atoms with E-state index in [0.29, 0.717) is 0 Å². The number of aliphatic hydroxyl groups excluding tert-OH is 2. The van der Waals surface area contributed by atoms with E-state index in [0.717, 1.165) is 0 Å². The lowest BCUT2D eigenvalue weighted by molar-refractivity contribution is -0.162. The number of rotatable bonds is 4. The Kier molecular flexibility index (Phi) is 2.24. The Morgan fingerprint density at radius 1 is 1.15 bits per heavy atom. The van der Waals surface area contributed by atoms with E-state index in [1.54, 1.807) is 0 Å². The van der Waals surface area contributed by atoms with Crippen LogP contribution in [0.5, 0.6) is 0 Å². The van der Waals surface area contributed by atoms with Gasteiger partial charge in [0, 0.05) is 0 Å². The summed E-state index contributed by atoms with van der Waals surface area (Å²) in [6.07, 6.45) is -4.06. The summed E-state index contributed by atoms with van der Waals surface area (Å²) in [4.78, 5) is 20.6. The van der Waals surface area contributed by atoms with E-state index in [4.69, 9.17) is 20.4 Å². The molecule has 4 N–H and O–H groups in total. The average molecular weight is 192 g/mol. The van der Waals surface area contributed by atoms with Crippen molar-refractivity contribution in [1.82, 2.24) is 0 Å². The maximum atomic E-state index is 10.3. The summed E-state index contributed by atoms with van der Waals surface area (Å²) < 4.78 is 4.48. The van der Waals surface area contributed by atoms with Gasteiger partial charge < -0.3 is 25.2 Å². The number of aliphatic hydroxyl groups is 2. The lowest BCUT2D eigenvalue weighted by Crippen LogP contribution is -2.49. The minimum atomic E-state index is -2.03. The van der Waals surface area contributed by atoms with Gasteiger partial charge in [0.2, 0.25) is 0 Å². The molecule has 2 atom stereocenters. The Morgan fingerprint density at radius 2 is 1.46 bits per heavy atom. The van der Waals surface area contributed by atoms with Crippen molar-refractivity contribution in [1.29, 1.82) is 0 Å². The summed E-state index contributed by atoms with van der Waals surface area (Å²) in [5.74, 6) is -3.25. The molecule has 1 fully saturated rings. The zero-order valence-corrected chi connectivity index (χ0v) is 6.38. The quantitative estimate of drug-likeness (QED) is 0.367. The van der Waals surface area contributed by atoms with Gasteiger partial charge >= 0.3 is 11.9 Å². The highest BCUT2D eigenvalue weighted by Gasteiger charge is 2.62. The molecule has 1 rings (SSSR count). The molecule has 0 amide bonds. The van der Waals surface area contributed by atoms with Crippen molar-refractivity contribution in [2.45, 2.75) is 17.8 Å². The minimum Gasteiger partial charge on any atom is -0.479 e. The van der Waals surface area contributed by atoms with Crippen LogP contribution in [0.2, 0.25) is 0 Å². The molecule has 0 spiro atoms. The summed E-state index contributed by atoms with van der Waals surface area (Å²) >= 11 is 0. The number of hydrogen-bond donors (Lipinski definition) is 4. The number of carboxylic acid groups (broad SMARTS) is 2. The van der Waals surface area contributed by atoms with Crippen molar-refractivity contribution < 1.29 is 34.8 Å². The van der Waals surface area contributed by atoms with Crippen molar-refractivity contribution in [3.63, 3.8) is 0 Å². The van der Waals surface area contributed by atoms with Crippen LogP contribution in [0, 0.1) is 0 Å². The third kappa shape index (κ3) is 1.48. The van der Waals surface area contributed by atoms with E-state index in [-0.39, 0.29) is 6.61 Å². The van der Waals surface area contributed by atoms with Crippen LogP contribution in [0.1, 0.15) is 0 Å². The normalized spacial score (nSPS) is 30.6. The molecule has 0 radical (unpaired) electrons. The van der Waals surface area contributed by atoms with Crippen LogP contribution in [0.4, 0.5) is 0 Å². The fourth-order valence-corrected chi connectivity index (χ4v) is 0.967. The summed E-state index contributed by atoms with van der Waals surface area (Å²) in [5.41, 5.74) is -1.88. The van der Waals surface area contributed by atoms with Gasteiger partial charge in [-0.15, -0.1) is 0 Å². The van der Waals surface area contributed by atoms with E-state index in [1.165, 1.54) is 0 Å². The molecular formula is C6H8O7. The summed E-state index contributed by atoms with van der Waals surface area (Å²) in [6.45, 7) is -0.284. The molecule has 2 unspecified atom stereocenters. The lowest BCUT2D eigenvalue weighted by atomic mass is 9.97. The molecule has 0 saturated carbocycles. The van der Waals surface area contributed by atoms with Crippen molar-refractivity contribution >= 4 is 11.9 Å². The number of carbonyl (C=O) groups is 2. The van der Waals surface area contributed by atoms with Gasteiger partial charge in [0.05, 0.1) is 6.61 Å². The van der Waals surface area contributed by atoms with Gasteiger partial charge in [-0.3, -0.25) is 0 Å². The highest BCUT2D eigenvalue weighted by Crippen LogP contribution is 2.35. The number of hydrogen-bond acceptors (Lipinski definition) is 5. The first-order chi connectivity index (χ1) is 5.92. The van der Waals surface area contributed by atoms with Crippen molar-refractivity contribution in [3.8, 4) is 0 Å². The summed E-state index contributed by atoms with van der Waals surface area (Å²) in [7, 11) is 0. The summed E-state index contributed by atoms with van der Waals surface area (Å²) in [5, 5.41) is 34.7. The van der Waals surface area contributed by atoms with Crippen LogP contribution in [0.15, 0.2) is 0 Å². The summed E-state index contributed by atoms with van der Waals surface area (Å²) in [6, 6.07) is 0. The van der Waals surface area contributed by atoms with E-state index in [1.807, 2.05) is 0 Å². The molecule has 1 aliphatic heterocycles. The van der Waals surface area contributed by atoms with E-state index in [2.05, 4.69) is 4.74 Å². The van der Waals surface area contributed by atoms with Crippen molar-refractivity contribution in [2.24, 2.45) is 0 Å². The fourth-order valence-electron chi connectivity index (χ4n) is 0.967. The standard InChI is InChI=1S/C6H8O7/c7-2(4(9)10)6(1-13-6)3(8)5(11)12/h2-3,7-8H,1H2,(H,9,10)(H,11,12). The largest absolute Gasteiger partial charge is 0.479 e. The molecule has 7 nitrogen and oxygen atoms in total. The molecule has 1 saturated heterocycles. The van der Waals surface area contributed by atoms with Crippen LogP contribution >= 0.6 is 0 Å². The molecule has 7 heteroatoms. The highest BCUT2D eigenvalue weighted by molar-refractivity contribution is 5.80. The average Bonchev–Trinajstić information content (AvgIpc) is 2.81. The molecule has 74 valence electrons. The first-order valence-electron chi connectivity index (χ1n) is 3.37. The minimum absolute atomic E-state index is 0.284. The molecule has 13 heavy (non-hydrogen) atoms. The molecule has 0 aromatic carbocycles. The smallest absolute Gasteiger partial charge is 0.335 e. The van der Waals surface area contributed by atoms with Gasteiger partial charge in [-0.2, -0.15) is 0 Å². The molecule has 0 aromatic heterocycles. The van der Waals surface area contributed by atoms with Crippen molar-refractivity contribution in [2.75, 3.05) is 6.61 Å². The Hall–Kier alpha value is -1.18. The Labute approximate surface area is 72.2 Å². The zero-order valence-electron chi connectivity index (χ0n) is 6.38. The first-order valence-corrected chi connectivity index (χ1v) is 3.37. The molecular weight excluding hydrogens is 184 g/mol. The fraction of sp³-hybridized carbons (Fsp3) is 0.667. The second kappa shape index (κ2) is 2.95. The van der Waals surface area contributed by atoms with Gasteiger partial charge in [-0.25, -0.2) is 9.59 Å². The first kappa shape index (κ1) is 9.90. The number of carboxylic acids is 2. The number of epoxide rings is 1. The highest BCUT2D eigenvalue weighted by atomic mass is 16.6. The zero-order chi connectivity index (χ0) is 10.2. The van der Waals surface area contributed by atoms with E-state index >= 15 is 0 Å². The van der Waals surface area contributed by atoms with E-state index < -0.39 is 29.7 Å². The predicted molar refractivity (Wildman–Crippen MR) is 36.0 cm³/mol.